The summed E-state index contributed by atoms with van der Waals surface area (Å²) in [6, 6.07) is 17.8. The maximum atomic E-state index is 13.2. The highest BCUT2D eigenvalue weighted by Gasteiger charge is 2.28. The fourth-order valence-corrected chi connectivity index (χ4v) is 6.44. The lowest BCUT2D eigenvalue weighted by molar-refractivity contribution is -0.149. The van der Waals surface area contributed by atoms with Crippen molar-refractivity contribution in [3.8, 4) is 0 Å². The third kappa shape index (κ3) is 7.32. The van der Waals surface area contributed by atoms with Crippen LogP contribution >= 0.6 is 23.4 Å². The zero-order valence-corrected chi connectivity index (χ0v) is 25.2. The Balaban J connectivity index is 1.17. The van der Waals surface area contributed by atoms with Crippen molar-refractivity contribution in [3.05, 3.63) is 76.4 Å². The molecule has 0 bridgehead atoms. The van der Waals surface area contributed by atoms with E-state index in [1.807, 2.05) is 67.3 Å². The minimum Gasteiger partial charge on any atom is -0.466 e. The van der Waals surface area contributed by atoms with Gasteiger partial charge in [-0.3, -0.25) is 9.59 Å². The number of para-hydroxylation sites is 1. The van der Waals surface area contributed by atoms with Gasteiger partial charge in [0.15, 0.2) is 5.16 Å². The molecule has 2 aliphatic heterocycles. The molecule has 1 aromatic heterocycles. The van der Waals surface area contributed by atoms with Crippen LogP contribution in [-0.4, -0.2) is 72.6 Å². The maximum Gasteiger partial charge on any atom is 0.309 e. The summed E-state index contributed by atoms with van der Waals surface area (Å²) in [7, 11) is 0. The number of aryl methyl sites for hydroxylation is 1. The number of aromatic nitrogens is 2. The number of hydrogen-bond acceptors (Lipinski definition) is 8. The molecule has 0 unspecified atom stereocenters. The van der Waals surface area contributed by atoms with Gasteiger partial charge in [0, 0.05) is 62.3 Å². The predicted molar refractivity (Wildman–Crippen MR) is 164 cm³/mol. The van der Waals surface area contributed by atoms with Crippen LogP contribution in [0.4, 0.5) is 11.5 Å². The highest BCUT2D eigenvalue weighted by molar-refractivity contribution is 7.98. The Hall–Kier alpha value is -3.30. The Morgan fingerprint density at radius 1 is 0.951 bits per heavy atom. The number of ether oxygens (including phenoxy) is 1. The van der Waals surface area contributed by atoms with Crippen LogP contribution in [0, 0.1) is 12.8 Å². The molecule has 0 radical (unpaired) electrons. The Morgan fingerprint density at radius 2 is 1.68 bits per heavy atom. The molecule has 2 fully saturated rings. The van der Waals surface area contributed by atoms with Gasteiger partial charge in [0.1, 0.15) is 5.82 Å². The molecule has 1 amide bonds. The van der Waals surface area contributed by atoms with E-state index >= 15 is 0 Å². The second kappa shape index (κ2) is 13.6. The van der Waals surface area contributed by atoms with Gasteiger partial charge in [-0.25, -0.2) is 9.97 Å². The van der Waals surface area contributed by atoms with Gasteiger partial charge in [0.05, 0.1) is 23.2 Å². The second-order valence-electron chi connectivity index (χ2n) is 10.4. The number of halogens is 1. The molecule has 41 heavy (non-hydrogen) atoms. The lowest BCUT2D eigenvalue weighted by Gasteiger charge is -2.37. The number of nitrogens with zero attached hydrogens (tertiary/aromatic N) is 5. The minimum atomic E-state index is -0.153. The summed E-state index contributed by atoms with van der Waals surface area (Å²) in [6.45, 7) is 8.78. The van der Waals surface area contributed by atoms with E-state index < -0.39 is 0 Å². The summed E-state index contributed by atoms with van der Waals surface area (Å²) < 4.78 is 5.15. The molecule has 0 N–H and O–H groups in total. The van der Waals surface area contributed by atoms with Crippen molar-refractivity contribution < 1.29 is 14.3 Å². The first kappa shape index (κ1) is 29.2. The molecule has 3 aromatic rings. The number of benzene rings is 2. The third-order valence-electron chi connectivity index (χ3n) is 7.56. The van der Waals surface area contributed by atoms with Crippen molar-refractivity contribution in [2.75, 3.05) is 55.7 Å². The Labute approximate surface area is 251 Å². The summed E-state index contributed by atoms with van der Waals surface area (Å²) in [5.74, 6) is 1.33. The van der Waals surface area contributed by atoms with Crippen molar-refractivity contribution in [3.63, 3.8) is 0 Å². The van der Waals surface area contributed by atoms with E-state index in [0.29, 0.717) is 43.9 Å². The van der Waals surface area contributed by atoms with Crippen molar-refractivity contribution in [2.45, 2.75) is 37.6 Å². The van der Waals surface area contributed by atoms with Gasteiger partial charge in [0.25, 0.3) is 5.91 Å². The van der Waals surface area contributed by atoms with E-state index in [2.05, 4.69) is 20.9 Å². The first-order chi connectivity index (χ1) is 19.9. The van der Waals surface area contributed by atoms with Gasteiger partial charge >= 0.3 is 5.97 Å². The molecule has 2 saturated heterocycles. The highest BCUT2D eigenvalue weighted by Crippen LogP contribution is 2.28. The zero-order chi connectivity index (χ0) is 28.8. The number of piperazine rings is 1. The largest absolute Gasteiger partial charge is 0.466 e. The van der Waals surface area contributed by atoms with Gasteiger partial charge in [-0.05, 0) is 56.5 Å². The molecular formula is C31H36ClN5O3S. The number of carbonyl (C=O) groups is 2. The van der Waals surface area contributed by atoms with Crippen LogP contribution in [-0.2, 0) is 15.3 Å². The standard InChI is InChI=1S/C31H36ClN5O3S/c1-3-40-30(39)24-11-13-37(14-12-24)29(38)25-8-6-7-23(20-25)21-41-31-33-22(2)19-28(34-31)36-17-15-35(16-18-36)27-10-5-4-9-26(27)32/h4-10,19-20,24H,3,11-18,21H2,1-2H3. The highest BCUT2D eigenvalue weighted by atomic mass is 35.5. The summed E-state index contributed by atoms with van der Waals surface area (Å²) in [5, 5.41) is 1.51. The second-order valence-corrected chi connectivity index (χ2v) is 11.7. The molecule has 2 aromatic carbocycles. The number of thioether (sulfide) groups is 1. The summed E-state index contributed by atoms with van der Waals surface area (Å²) >= 11 is 7.99. The van der Waals surface area contributed by atoms with Gasteiger partial charge < -0.3 is 19.4 Å². The van der Waals surface area contributed by atoms with Crippen molar-refractivity contribution in [1.82, 2.24) is 14.9 Å². The third-order valence-corrected chi connectivity index (χ3v) is 8.80. The van der Waals surface area contributed by atoms with Gasteiger partial charge in [0.2, 0.25) is 0 Å². The average molecular weight is 594 g/mol. The molecule has 216 valence electrons. The molecule has 10 heteroatoms. The zero-order valence-electron chi connectivity index (χ0n) is 23.6. The predicted octanol–water partition coefficient (Wildman–Crippen LogP) is 5.47. The van der Waals surface area contributed by atoms with Crippen LogP contribution in [0.5, 0.6) is 0 Å². The molecule has 0 atom stereocenters. The number of hydrogen-bond donors (Lipinski definition) is 0. The van der Waals surface area contributed by atoms with Gasteiger partial charge in [-0.15, -0.1) is 0 Å². The molecule has 5 rings (SSSR count). The number of piperidine rings is 1. The Kier molecular flexibility index (Phi) is 9.67. The average Bonchev–Trinajstić information content (AvgIpc) is 3.00. The molecule has 0 saturated carbocycles. The van der Waals surface area contributed by atoms with Gasteiger partial charge in [-0.1, -0.05) is 47.6 Å². The maximum absolute atomic E-state index is 13.2. The van der Waals surface area contributed by atoms with Crippen LogP contribution in [0.15, 0.2) is 59.8 Å². The lowest BCUT2D eigenvalue weighted by atomic mass is 9.96. The van der Waals surface area contributed by atoms with Crippen molar-refractivity contribution >= 4 is 46.7 Å². The number of rotatable bonds is 8. The van der Waals surface area contributed by atoms with E-state index in [0.717, 1.165) is 59.1 Å². The normalized spacial score (nSPS) is 16.1. The van der Waals surface area contributed by atoms with E-state index in [9.17, 15) is 9.59 Å². The van der Waals surface area contributed by atoms with Crippen LogP contribution < -0.4 is 9.80 Å². The smallest absolute Gasteiger partial charge is 0.309 e. The molecule has 8 nitrogen and oxygen atoms in total. The van der Waals surface area contributed by atoms with Crippen LogP contribution in [0.25, 0.3) is 0 Å². The van der Waals surface area contributed by atoms with E-state index in [-0.39, 0.29) is 17.8 Å². The lowest BCUT2D eigenvalue weighted by Crippen LogP contribution is -2.47. The summed E-state index contributed by atoms with van der Waals surface area (Å²) in [6.07, 6.45) is 1.28. The van der Waals surface area contributed by atoms with E-state index in [4.69, 9.17) is 21.3 Å². The number of carbonyl (C=O) groups excluding carboxylic acids is 2. The monoisotopic (exact) mass is 593 g/mol. The Morgan fingerprint density at radius 3 is 2.41 bits per heavy atom. The van der Waals surface area contributed by atoms with Crippen LogP contribution in [0.2, 0.25) is 5.02 Å². The SMILES string of the molecule is CCOC(=O)C1CCN(C(=O)c2cccc(CSc3nc(C)cc(N4CCN(c5ccccc5Cl)CC4)n3)c2)CC1. The topological polar surface area (TPSA) is 78.9 Å². The van der Waals surface area contributed by atoms with Crippen LogP contribution in [0.1, 0.15) is 41.4 Å². The number of likely N-dealkylation sites (tertiary alicyclic amines) is 1. The number of anilines is 2. The fourth-order valence-electron chi connectivity index (χ4n) is 5.34. The summed E-state index contributed by atoms with van der Waals surface area (Å²) in [5.41, 5.74) is 3.72. The number of amides is 1. The molecule has 2 aliphatic rings. The quantitative estimate of drug-likeness (QED) is 0.193. The number of esters is 1. The minimum absolute atomic E-state index is 0.00387. The first-order valence-corrected chi connectivity index (χ1v) is 15.6. The molecule has 0 spiro atoms. The van der Waals surface area contributed by atoms with Crippen molar-refractivity contribution in [2.24, 2.45) is 5.92 Å². The fraction of sp³-hybridized carbons (Fsp3) is 0.419. The molecular weight excluding hydrogens is 558 g/mol. The van der Waals surface area contributed by atoms with Crippen LogP contribution in [0.3, 0.4) is 0 Å². The van der Waals surface area contributed by atoms with Gasteiger partial charge in [-0.2, -0.15) is 0 Å². The van der Waals surface area contributed by atoms with E-state index in [1.165, 1.54) is 0 Å². The van der Waals surface area contributed by atoms with Crippen molar-refractivity contribution in [1.29, 1.82) is 0 Å². The van der Waals surface area contributed by atoms with E-state index in [1.54, 1.807) is 11.8 Å². The first-order valence-electron chi connectivity index (χ1n) is 14.2. The Bertz CT molecular complexity index is 1370. The molecule has 0 aliphatic carbocycles. The molecule has 3 heterocycles. The summed E-state index contributed by atoms with van der Waals surface area (Å²) in [4.78, 5) is 41.2.